The Morgan fingerprint density at radius 3 is 2.88 bits per heavy atom. The molecule has 0 bridgehead atoms. The lowest BCUT2D eigenvalue weighted by molar-refractivity contribution is 0.0943. The van der Waals surface area contributed by atoms with Gasteiger partial charge in [0.1, 0.15) is 0 Å². The van der Waals surface area contributed by atoms with Crippen LogP contribution in [0.4, 0.5) is 0 Å². The Bertz CT molecular complexity index is 687. The fourth-order valence-electron chi connectivity index (χ4n) is 3.25. The summed E-state index contributed by atoms with van der Waals surface area (Å²) >= 11 is 0. The number of carbonyl (C=O) groups is 1. The van der Waals surface area contributed by atoms with Gasteiger partial charge in [0.2, 0.25) is 11.7 Å². The molecule has 0 unspecified atom stereocenters. The molecular formula is C19H25N3O2. The van der Waals surface area contributed by atoms with E-state index < -0.39 is 0 Å². The number of aromatic nitrogens is 2. The highest BCUT2D eigenvalue weighted by molar-refractivity contribution is 5.95. The predicted octanol–water partition coefficient (Wildman–Crippen LogP) is 4.00. The van der Waals surface area contributed by atoms with Gasteiger partial charge >= 0.3 is 0 Å². The number of nitrogens with zero attached hydrogens (tertiary/aromatic N) is 2. The van der Waals surface area contributed by atoms with Crippen LogP contribution in [0.5, 0.6) is 0 Å². The highest BCUT2D eigenvalue weighted by atomic mass is 16.5. The average molecular weight is 327 g/mol. The number of hydrogen-bond donors (Lipinski definition) is 1. The minimum atomic E-state index is -0.0863. The van der Waals surface area contributed by atoms with E-state index in [-0.39, 0.29) is 11.9 Å². The second kappa shape index (κ2) is 7.60. The highest BCUT2D eigenvalue weighted by Crippen LogP contribution is 2.28. The standard InChI is InChI=1S/C19H25N3O2/c1-13(2)20-19(23)16-9-5-8-15(12-16)18-21-17(24-22-18)11-10-14-6-3-4-7-14/h5,8-9,12-14H,3-4,6-7,10-11H2,1-2H3,(H,20,23). The quantitative estimate of drug-likeness (QED) is 0.871. The topological polar surface area (TPSA) is 68.0 Å². The zero-order valence-electron chi connectivity index (χ0n) is 14.4. The minimum Gasteiger partial charge on any atom is -0.350 e. The molecule has 24 heavy (non-hydrogen) atoms. The summed E-state index contributed by atoms with van der Waals surface area (Å²) in [5, 5.41) is 6.97. The summed E-state index contributed by atoms with van der Waals surface area (Å²) < 4.78 is 5.38. The largest absolute Gasteiger partial charge is 0.350 e. The van der Waals surface area contributed by atoms with Crippen LogP contribution in [0.2, 0.25) is 0 Å². The Morgan fingerprint density at radius 2 is 2.12 bits per heavy atom. The summed E-state index contributed by atoms with van der Waals surface area (Å²) in [7, 11) is 0. The molecule has 0 spiro atoms. The van der Waals surface area contributed by atoms with Gasteiger partial charge in [-0.05, 0) is 38.3 Å². The van der Waals surface area contributed by atoms with Crippen LogP contribution in [-0.4, -0.2) is 22.1 Å². The Balaban J connectivity index is 1.66. The molecule has 5 heteroatoms. The first-order chi connectivity index (χ1) is 11.6. The highest BCUT2D eigenvalue weighted by Gasteiger charge is 2.17. The van der Waals surface area contributed by atoms with E-state index in [9.17, 15) is 4.79 Å². The van der Waals surface area contributed by atoms with Crippen molar-refractivity contribution in [2.75, 3.05) is 0 Å². The Kier molecular flexibility index (Phi) is 5.28. The molecule has 1 N–H and O–H groups in total. The Hall–Kier alpha value is -2.17. The van der Waals surface area contributed by atoms with Crippen molar-refractivity contribution in [2.24, 2.45) is 5.92 Å². The van der Waals surface area contributed by atoms with Gasteiger partial charge in [0.15, 0.2) is 0 Å². The van der Waals surface area contributed by atoms with E-state index >= 15 is 0 Å². The van der Waals surface area contributed by atoms with E-state index in [4.69, 9.17) is 4.52 Å². The fourth-order valence-corrected chi connectivity index (χ4v) is 3.25. The van der Waals surface area contributed by atoms with E-state index in [1.807, 2.05) is 32.0 Å². The average Bonchev–Trinajstić information content (AvgIpc) is 3.24. The van der Waals surface area contributed by atoms with Gasteiger partial charge in [-0.25, -0.2) is 0 Å². The van der Waals surface area contributed by atoms with E-state index in [0.29, 0.717) is 17.3 Å². The number of nitrogens with one attached hydrogen (secondary N) is 1. The van der Waals surface area contributed by atoms with Gasteiger partial charge in [0, 0.05) is 23.6 Å². The molecule has 1 aliphatic rings. The van der Waals surface area contributed by atoms with Gasteiger partial charge in [-0.15, -0.1) is 0 Å². The van der Waals surface area contributed by atoms with Crippen molar-refractivity contribution in [2.45, 2.75) is 58.4 Å². The van der Waals surface area contributed by atoms with E-state index in [0.717, 1.165) is 24.3 Å². The van der Waals surface area contributed by atoms with Gasteiger partial charge in [0.25, 0.3) is 5.91 Å². The number of amides is 1. The van der Waals surface area contributed by atoms with Crippen LogP contribution in [0, 0.1) is 5.92 Å². The number of carbonyl (C=O) groups excluding carboxylic acids is 1. The van der Waals surface area contributed by atoms with Crippen LogP contribution in [0.25, 0.3) is 11.4 Å². The monoisotopic (exact) mass is 327 g/mol. The summed E-state index contributed by atoms with van der Waals surface area (Å²) in [5.41, 5.74) is 1.42. The van der Waals surface area contributed by atoms with Gasteiger partial charge in [-0.1, -0.05) is 43.0 Å². The molecular weight excluding hydrogens is 302 g/mol. The molecule has 1 heterocycles. The first-order valence-electron chi connectivity index (χ1n) is 8.85. The fraction of sp³-hybridized carbons (Fsp3) is 0.526. The number of benzene rings is 1. The first kappa shape index (κ1) is 16.7. The van der Waals surface area contributed by atoms with Crippen LogP contribution in [0.3, 0.4) is 0 Å². The molecule has 3 rings (SSSR count). The Morgan fingerprint density at radius 1 is 1.33 bits per heavy atom. The normalized spacial score (nSPS) is 15.1. The molecule has 1 fully saturated rings. The van der Waals surface area contributed by atoms with Gasteiger partial charge in [-0.2, -0.15) is 4.98 Å². The summed E-state index contributed by atoms with van der Waals surface area (Å²) in [6.07, 6.45) is 7.32. The van der Waals surface area contributed by atoms with Crippen molar-refractivity contribution < 1.29 is 9.32 Å². The smallest absolute Gasteiger partial charge is 0.251 e. The third-order valence-corrected chi connectivity index (χ3v) is 4.51. The summed E-state index contributed by atoms with van der Waals surface area (Å²) in [6, 6.07) is 7.45. The van der Waals surface area contributed by atoms with Crippen LogP contribution in [0.1, 0.15) is 62.2 Å². The SMILES string of the molecule is CC(C)NC(=O)c1cccc(-c2noc(CCC3CCCC3)n2)c1. The van der Waals surface area contributed by atoms with E-state index in [1.165, 1.54) is 25.7 Å². The van der Waals surface area contributed by atoms with Crippen molar-refractivity contribution in [3.8, 4) is 11.4 Å². The van der Waals surface area contributed by atoms with E-state index in [1.54, 1.807) is 6.07 Å². The van der Waals surface area contributed by atoms with Crippen LogP contribution in [-0.2, 0) is 6.42 Å². The maximum absolute atomic E-state index is 12.1. The molecule has 1 saturated carbocycles. The lowest BCUT2D eigenvalue weighted by Gasteiger charge is -2.08. The number of rotatable bonds is 6. The molecule has 0 radical (unpaired) electrons. The Labute approximate surface area is 142 Å². The van der Waals surface area contributed by atoms with Crippen LogP contribution >= 0.6 is 0 Å². The predicted molar refractivity (Wildman–Crippen MR) is 92.6 cm³/mol. The van der Waals surface area contributed by atoms with Crippen molar-refractivity contribution in [3.05, 3.63) is 35.7 Å². The van der Waals surface area contributed by atoms with E-state index in [2.05, 4.69) is 15.5 Å². The zero-order chi connectivity index (χ0) is 16.9. The third kappa shape index (κ3) is 4.22. The van der Waals surface area contributed by atoms with Crippen LogP contribution < -0.4 is 5.32 Å². The van der Waals surface area contributed by atoms with Crippen LogP contribution in [0.15, 0.2) is 28.8 Å². The summed E-state index contributed by atoms with van der Waals surface area (Å²) in [5.74, 6) is 1.96. The molecule has 1 aromatic carbocycles. The maximum atomic E-state index is 12.1. The van der Waals surface area contributed by atoms with Gasteiger partial charge in [-0.3, -0.25) is 4.79 Å². The molecule has 0 aliphatic heterocycles. The van der Waals surface area contributed by atoms with Crippen molar-refractivity contribution >= 4 is 5.91 Å². The lowest BCUT2D eigenvalue weighted by atomic mass is 10.0. The molecule has 2 aromatic rings. The van der Waals surface area contributed by atoms with Gasteiger partial charge in [0.05, 0.1) is 0 Å². The number of hydrogen-bond acceptors (Lipinski definition) is 4. The second-order valence-corrected chi connectivity index (χ2v) is 6.91. The maximum Gasteiger partial charge on any atom is 0.251 e. The molecule has 128 valence electrons. The molecule has 1 aliphatic carbocycles. The molecule has 1 aromatic heterocycles. The third-order valence-electron chi connectivity index (χ3n) is 4.51. The number of aryl methyl sites for hydroxylation is 1. The van der Waals surface area contributed by atoms with Crippen molar-refractivity contribution in [3.63, 3.8) is 0 Å². The summed E-state index contributed by atoms with van der Waals surface area (Å²) in [6.45, 7) is 3.88. The van der Waals surface area contributed by atoms with Gasteiger partial charge < -0.3 is 9.84 Å². The van der Waals surface area contributed by atoms with Crippen molar-refractivity contribution in [1.82, 2.24) is 15.5 Å². The molecule has 1 amide bonds. The minimum absolute atomic E-state index is 0.0863. The second-order valence-electron chi connectivity index (χ2n) is 6.91. The zero-order valence-corrected chi connectivity index (χ0v) is 14.4. The molecule has 0 saturated heterocycles. The van der Waals surface area contributed by atoms with Crippen molar-refractivity contribution in [1.29, 1.82) is 0 Å². The lowest BCUT2D eigenvalue weighted by Crippen LogP contribution is -2.30. The molecule has 5 nitrogen and oxygen atoms in total. The first-order valence-corrected chi connectivity index (χ1v) is 8.85. The molecule has 0 atom stereocenters. The summed E-state index contributed by atoms with van der Waals surface area (Å²) in [4.78, 5) is 16.6.